The topological polar surface area (TPSA) is 19.6 Å². The lowest BCUT2D eigenvalue weighted by molar-refractivity contribution is 0.673. The van der Waals surface area contributed by atoms with Gasteiger partial charge in [0, 0.05) is 50.3 Å². The van der Waals surface area contributed by atoms with Gasteiger partial charge in [-0.2, -0.15) is 0 Å². The van der Waals surface area contributed by atoms with Crippen LogP contribution in [0.1, 0.15) is 0 Å². The molecule has 11 aromatic rings. The lowest BCUT2D eigenvalue weighted by Crippen LogP contribution is -2.10. The van der Waals surface area contributed by atoms with Gasteiger partial charge < -0.3 is 14.2 Å². The molecule has 0 N–H and O–H groups in total. The molecule has 3 nitrogen and oxygen atoms in total. The molecule has 0 aliphatic carbocycles. The lowest BCUT2D eigenvalue weighted by atomic mass is 9.96. The highest BCUT2D eigenvalue weighted by molar-refractivity contribution is 6.30. The second-order valence-corrected chi connectivity index (χ2v) is 14.5. The van der Waals surface area contributed by atoms with Crippen LogP contribution in [0, 0.1) is 0 Å². The van der Waals surface area contributed by atoms with Crippen molar-refractivity contribution >= 4 is 88.4 Å². The van der Waals surface area contributed by atoms with Gasteiger partial charge in [0.15, 0.2) is 0 Å². The largest absolute Gasteiger partial charge is 0.455 e. The zero-order valence-electron chi connectivity index (χ0n) is 31.1. The summed E-state index contributed by atoms with van der Waals surface area (Å²) in [7, 11) is 0. The molecule has 1 aromatic heterocycles. The summed E-state index contributed by atoms with van der Waals surface area (Å²) in [6.45, 7) is 0. The molecule has 0 amide bonds. The second kappa shape index (κ2) is 13.6. The van der Waals surface area contributed by atoms with E-state index in [1.165, 1.54) is 26.9 Å². The van der Waals surface area contributed by atoms with E-state index in [2.05, 4.69) is 222 Å². The van der Waals surface area contributed by atoms with E-state index in [9.17, 15) is 0 Å². The van der Waals surface area contributed by atoms with Gasteiger partial charge in [-0.25, -0.2) is 0 Å². The van der Waals surface area contributed by atoms with Gasteiger partial charge in [-0.15, -0.1) is 0 Å². The Bertz CT molecular complexity index is 3180. The number of fused-ring (bicyclic) bond motifs is 9. The molecule has 10 aromatic carbocycles. The van der Waals surface area contributed by atoms with Gasteiger partial charge in [0.25, 0.3) is 0 Å². The molecule has 0 aliphatic rings. The summed E-state index contributed by atoms with van der Waals surface area (Å²) in [4.78, 5) is 4.67. The van der Waals surface area contributed by atoms with Crippen molar-refractivity contribution in [3.05, 3.63) is 218 Å². The fourth-order valence-electron chi connectivity index (χ4n) is 8.50. The van der Waals surface area contributed by atoms with Crippen molar-refractivity contribution in [1.29, 1.82) is 0 Å². The predicted octanol–water partition coefficient (Wildman–Crippen LogP) is 15.7. The number of furan rings is 1. The maximum atomic E-state index is 6.60. The van der Waals surface area contributed by atoms with E-state index < -0.39 is 0 Å². The first-order valence-corrected chi connectivity index (χ1v) is 19.4. The fourth-order valence-corrected chi connectivity index (χ4v) is 8.50. The van der Waals surface area contributed by atoms with E-state index in [1.54, 1.807) is 0 Å². The molecular weight excluding hydrogens is 693 g/mol. The van der Waals surface area contributed by atoms with Gasteiger partial charge in [0.2, 0.25) is 0 Å². The Kier molecular flexibility index (Phi) is 7.82. The molecule has 0 unspecified atom stereocenters. The van der Waals surface area contributed by atoms with E-state index in [0.717, 1.165) is 72.6 Å². The maximum absolute atomic E-state index is 6.60. The molecule has 0 spiro atoms. The van der Waals surface area contributed by atoms with Crippen molar-refractivity contribution in [1.82, 2.24) is 0 Å². The molecule has 0 bridgehead atoms. The first-order valence-electron chi connectivity index (χ1n) is 19.4. The van der Waals surface area contributed by atoms with Crippen LogP contribution in [0.25, 0.3) is 65.4 Å². The Hall–Kier alpha value is -7.62. The normalized spacial score (nSPS) is 11.5. The van der Waals surface area contributed by atoms with Gasteiger partial charge >= 0.3 is 0 Å². The minimum atomic E-state index is 0.901. The molecule has 57 heavy (non-hydrogen) atoms. The van der Waals surface area contributed by atoms with Crippen molar-refractivity contribution in [2.75, 3.05) is 9.80 Å². The first-order chi connectivity index (χ1) is 28.3. The molecule has 0 atom stereocenters. The minimum absolute atomic E-state index is 0.901. The van der Waals surface area contributed by atoms with Gasteiger partial charge in [-0.1, -0.05) is 140 Å². The highest BCUT2D eigenvalue weighted by Crippen LogP contribution is 2.45. The highest BCUT2D eigenvalue weighted by Gasteiger charge is 2.19. The first kappa shape index (κ1) is 32.8. The van der Waals surface area contributed by atoms with Crippen LogP contribution >= 0.6 is 0 Å². The Morgan fingerprint density at radius 2 is 0.737 bits per heavy atom. The molecule has 1 heterocycles. The molecule has 268 valence electrons. The van der Waals surface area contributed by atoms with Crippen LogP contribution in [0.4, 0.5) is 34.1 Å². The van der Waals surface area contributed by atoms with Crippen molar-refractivity contribution in [2.24, 2.45) is 0 Å². The van der Waals surface area contributed by atoms with Gasteiger partial charge in [0.1, 0.15) is 11.2 Å². The Balaban J connectivity index is 1.03. The molecule has 3 heteroatoms. The molecule has 0 saturated heterocycles. The van der Waals surface area contributed by atoms with Gasteiger partial charge in [-0.3, -0.25) is 0 Å². The third-order valence-corrected chi connectivity index (χ3v) is 11.2. The number of benzene rings is 10. The SMILES string of the molecule is c1ccc(N(c2ccccc2)c2ccc(-c3ccc(N(c4ccc5ccccc5c4)c4ccc5c6ccccc6c6oc7ccccc7c6c5c4)cc3)cc2)cc1. The molecule has 0 aliphatic heterocycles. The molecule has 11 rings (SSSR count). The monoisotopic (exact) mass is 728 g/mol. The number of hydrogen-bond donors (Lipinski definition) is 0. The van der Waals surface area contributed by atoms with Crippen LogP contribution in [0.15, 0.2) is 223 Å². The number of anilines is 6. The minimum Gasteiger partial charge on any atom is -0.455 e. The smallest absolute Gasteiger partial charge is 0.143 e. The summed E-state index contributed by atoms with van der Waals surface area (Å²) in [5.41, 5.74) is 10.8. The van der Waals surface area contributed by atoms with Gasteiger partial charge in [0.05, 0.1) is 0 Å². The van der Waals surface area contributed by atoms with Crippen molar-refractivity contribution in [3.8, 4) is 11.1 Å². The van der Waals surface area contributed by atoms with Crippen LogP contribution in [-0.4, -0.2) is 0 Å². The van der Waals surface area contributed by atoms with E-state index in [0.29, 0.717) is 0 Å². The van der Waals surface area contributed by atoms with Crippen molar-refractivity contribution in [2.45, 2.75) is 0 Å². The maximum Gasteiger partial charge on any atom is 0.143 e. The standard InChI is InChI=1S/C54H36N2O/c1-3-15-41(16-4-1)55(42-17-5-2-6-18-42)43-28-23-38(24-29-43)39-25-30-44(31-26-39)56(45-32-27-37-13-7-8-14-40(37)35-45)46-33-34-48-47-19-9-10-20-49(47)54-53(51(48)36-46)50-21-11-12-22-52(50)57-54/h1-36H. The second-order valence-electron chi connectivity index (χ2n) is 14.5. The van der Waals surface area contributed by atoms with Crippen LogP contribution in [0.3, 0.4) is 0 Å². The Morgan fingerprint density at radius 3 is 1.40 bits per heavy atom. The van der Waals surface area contributed by atoms with E-state index in [4.69, 9.17) is 4.42 Å². The predicted molar refractivity (Wildman–Crippen MR) is 241 cm³/mol. The molecule has 0 fully saturated rings. The molecule has 0 radical (unpaired) electrons. The Labute approximate surface area is 330 Å². The summed E-state index contributed by atoms with van der Waals surface area (Å²) >= 11 is 0. The zero-order valence-corrected chi connectivity index (χ0v) is 31.1. The van der Waals surface area contributed by atoms with E-state index in [1.807, 2.05) is 6.07 Å². The van der Waals surface area contributed by atoms with E-state index >= 15 is 0 Å². The third-order valence-electron chi connectivity index (χ3n) is 11.2. The third kappa shape index (κ3) is 5.68. The summed E-state index contributed by atoms with van der Waals surface area (Å²) in [5.74, 6) is 0. The number of rotatable bonds is 7. The molecular formula is C54H36N2O. The van der Waals surface area contributed by atoms with Crippen molar-refractivity contribution in [3.63, 3.8) is 0 Å². The summed E-state index contributed by atoms with van der Waals surface area (Å²) < 4.78 is 6.60. The summed E-state index contributed by atoms with van der Waals surface area (Å²) in [6, 6.07) is 78.1. The highest BCUT2D eigenvalue weighted by atomic mass is 16.3. The zero-order chi connectivity index (χ0) is 37.7. The molecule has 0 saturated carbocycles. The fraction of sp³-hybridized carbons (Fsp3) is 0. The van der Waals surface area contributed by atoms with E-state index in [-0.39, 0.29) is 0 Å². The quantitative estimate of drug-likeness (QED) is 0.152. The van der Waals surface area contributed by atoms with Crippen LogP contribution in [-0.2, 0) is 0 Å². The summed E-state index contributed by atoms with van der Waals surface area (Å²) in [5, 5.41) is 9.40. The average Bonchev–Trinajstić information content (AvgIpc) is 3.68. The summed E-state index contributed by atoms with van der Waals surface area (Å²) in [6.07, 6.45) is 0. The van der Waals surface area contributed by atoms with Crippen LogP contribution in [0.5, 0.6) is 0 Å². The lowest BCUT2D eigenvalue weighted by Gasteiger charge is -2.27. The number of nitrogens with zero attached hydrogens (tertiary/aromatic N) is 2. The number of para-hydroxylation sites is 3. The Morgan fingerprint density at radius 1 is 0.281 bits per heavy atom. The van der Waals surface area contributed by atoms with Crippen molar-refractivity contribution < 1.29 is 4.42 Å². The van der Waals surface area contributed by atoms with Crippen LogP contribution < -0.4 is 9.80 Å². The van der Waals surface area contributed by atoms with Crippen LogP contribution in [0.2, 0.25) is 0 Å². The average molecular weight is 729 g/mol. The number of hydrogen-bond acceptors (Lipinski definition) is 3. The van der Waals surface area contributed by atoms with Gasteiger partial charge in [-0.05, 0) is 117 Å².